The number of aromatic amines is 1. The number of hydrogen-bond donors (Lipinski definition) is 1. The molecule has 1 fully saturated rings. The summed E-state index contributed by atoms with van der Waals surface area (Å²) in [6.07, 6.45) is -1.24. The number of aromatic nitrogens is 3. The van der Waals surface area contributed by atoms with Crippen LogP contribution in [-0.4, -0.2) is 109 Å². The van der Waals surface area contributed by atoms with Crippen molar-refractivity contribution in [2.24, 2.45) is 7.05 Å². The van der Waals surface area contributed by atoms with Crippen LogP contribution in [0.15, 0.2) is 42.7 Å². The lowest BCUT2D eigenvalue weighted by atomic mass is 10.1. The molecule has 0 saturated carbocycles. The lowest BCUT2D eigenvalue weighted by molar-refractivity contribution is -0.200. The van der Waals surface area contributed by atoms with Crippen molar-refractivity contribution in [2.75, 3.05) is 66.3 Å². The number of ether oxygens (including phenoxy) is 4. The van der Waals surface area contributed by atoms with Crippen molar-refractivity contribution in [3.8, 4) is 22.8 Å². The number of carbonyl (C=O) groups excluding carboxylic acids is 2. The Labute approximate surface area is 245 Å². The number of halogens is 3. The van der Waals surface area contributed by atoms with Gasteiger partial charge in [-0.15, -0.1) is 0 Å². The number of aryl methyl sites for hydroxylation is 1. The number of hydrogen-bond acceptors (Lipinski definition) is 8. The van der Waals surface area contributed by atoms with Gasteiger partial charge in [-0.3, -0.25) is 9.69 Å². The summed E-state index contributed by atoms with van der Waals surface area (Å²) in [7, 11) is 3.50. The van der Waals surface area contributed by atoms with Crippen molar-refractivity contribution >= 4 is 33.8 Å². The van der Waals surface area contributed by atoms with E-state index in [1.807, 2.05) is 42.1 Å². The minimum absolute atomic E-state index is 0.128. The van der Waals surface area contributed by atoms with Gasteiger partial charge in [0.25, 0.3) is 5.91 Å². The number of nitrogens with one attached hydrogen (secondary N) is 1. The van der Waals surface area contributed by atoms with Gasteiger partial charge in [-0.25, -0.2) is 9.78 Å². The predicted octanol–water partition coefficient (Wildman–Crippen LogP) is 3.38. The van der Waals surface area contributed by atoms with Crippen molar-refractivity contribution in [1.82, 2.24) is 24.3 Å². The number of fused-ring (bicyclic) bond motifs is 2. The molecule has 1 aromatic carbocycles. The molecule has 11 nitrogen and oxygen atoms in total. The Kier molecular flexibility index (Phi) is 9.06. The molecule has 230 valence electrons. The van der Waals surface area contributed by atoms with Crippen LogP contribution in [0.25, 0.3) is 33.2 Å². The zero-order valence-corrected chi connectivity index (χ0v) is 23.8. The molecule has 0 aliphatic carbocycles. The number of alkyl halides is 3. The lowest BCUT2D eigenvalue weighted by Crippen LogP contribution is -2.50. The minimum Gasteiger partial charge on any atom is -0.493 e. The van der Waals surface area contributed by atoms with Gasteiger partial charge in [-0.1, -0.05) is 0 Å². The number of nitrogens with zero attached hydrogens (tertiary/aromatic N) is 4. The average molecular weight is 604 g/mol. The smallest absolute Gasteiger partial charge is 0.490 e. The van der Waals surface area contributed by atoms with Crippen LogP contribution in [0, 0.1) is 0 Å². The van der Waals surface area contributed by atoms with E-state index in [1.165, 1.54) is 0 Å². The molecule has 0 unspecified atom stereocenters. The second-order valence-electron chi connectivity index (χ2n) is 10.1. The third-order valence-corrected chi connectivity index (χ3v) is 7.28. The topological polar surface area (TPSA) is 111 Å². The van der Waals surface area contributed by atoms with Gasteiger partial charge >= 0.3 is 12.1 Å². The van der Waals surface area contributed by atoms with Gasteiger partial charge in [0, 0.05) is 80.3 Å². The van der Waals surface area contributed by atoms with E-state index in [0.717, 1.165) is 33.2 Å². The number of carbonyl (C=O) groups is 2. The van der Waals surface area contributed by atoms with Crippen LogP contribution in [-0.2, 0) is 26.1 Å². The molecule has 1 aliphatic heterocycles. The molecule has 3 aromatic heterocycles. The summed E-state index contributed by atoms with van der Waals surface area (Å²) in [6, 6.07) is 9.73. The Balaban J connectivity index is 1.11. The molecule has 0 spiro atoms. The number of H-pyrrole nitrogens is 1. The Hall–Kier alpha value is -4.30. The number of pyridine rings is 1. The van der Waals surface area contributed by atoms with Crippen LogP contribution < -0.4 is 9.47 Å². The first kappa shape index (κ1) is 30.2. The quantitative estimate of drug-likeness (QED) is 0.205. The lowest BCUT2D eigenvalue weighted by Gasteiger charge is -2.34. The zero-order chi connectivity index (χ0) is 30.6. The van der Waals surface area contributed by atoms with Crippen LogP contribution in [0.2, 0.25) is 0 Å². The molecule has 1 N–H and O–H groups in total. The fourth-order valence-corrected chi connectivity index (χ4v) is 5.00. The predicted molar refractivity (Wildman–Crippen MR) is 151 cm³/mol. The van der Waals surface area contributed by atoms with Crippen LogP contribution in [0.3, 0.4) is 0 Å². The SMILES string of the molecule is COc1cc2c(-c3cc4cccnc4[nH]3)cn(C)c2cc1OCC(=O)N1CCN(CCOCCOC(=O)C(F)(F)F)CC1. The summed E-state index contributed by atoms with van der Waals surface area (Å²) in [5.41, 5.74) is 3.65. The highest BCUT2D eigenvalue weighted by Gasteiger charge is 2.40. The van der Waals surface area contributed by atoms with E-state index in [0.29, 0.717) is 44.2 Å². The largest absolute Gasteiger partial charge is 0.493 e. The van der Waals surface area contributed by atoms with E-state index in [-0.39, 0.29) is 25.7 Å². The molecule has 1 aliphatic rings. The first-order valence-corrected chi connectivity index (χ1v) is 13.7. The number of piperazine rings is 1. The summed E-state index contributed by atoms with van der Waals surface area (Å²) >= 11 is 0. The monoisotopic (exact) mass is 603 g/mol. The van der Waals surface area contributed by atoms with E-state index < -0.39 is 18.8 Å². The van der Waals surface area contributed by atoms with Gasteiger partial charge in [0.05, 0.1) is 25.8 Å². The molecule has 0 radical (unpaired) electrons. The molecular weight excluding hydrogens is 571 g/mol. The average Bonchev–Trinajstić information content (AvgIpc) is 3.57. The van der Waals surface area contributed by atoms with Crippen LogP contribution in [0.4, 0.5) is 13.2 Å². The standard InChI is InChI=1S/C29H32F3N5O6/c1-35-17-21(22-14-19-4-3-5-33-27(19)34-22)20-15-24(40-2)25(16-23(20)35)43-18-26(38)37-8-6-36(7-9-37)10-11-41-12-13-42-28(39)29(30,31)32/h3-5,14-17H,6-13,18H2,1-2H3,(H,33,34). The maximum absolute atomic E-state index is 12.9. The third-order valence-electron chi connectivity index (χ3n) is 7.28. The van der Waals surface area contributed by atoms with Crippen molar-refractivity contribution in [2.45, 2.75) is 6.18 Å². The van der Waals surface area contributed by atoms with E-state index in [4.69, 9.17) is 14.2 Å². The Bertz CT molecular complexity index is 1560. The van der Waals surface area contributed by atoms with Crippen molar-refractivity contribution in [3.63, 3.8) is 0 Å². The molecule has 0 atom stereocenters. The second kappa shape index (κ2) is 12.9. The Morgan fingerprint density at radius 1 is 1.05 bits per heavy atom. The van der Waals surface area contributed by atoms with E-state index in [9.17, 15) is 22.8 Å². The number of amides is 1. The van der Waals surface area contributed by atoms with E-state index in [1.54, 1.807) is 18.2 Å². The maximum atomic E-state index is 12.9. The van der Waals surface area contributed by atoms with Crippen LogP contribution in [0.1, 0.15) is 0 Å². The van der Waals surface area contributed by atoms with Gasteiger partial charge in [-0.2, -0.15) is 13.2 Å². The number of esters is 1. The van der Waals surface area contributed by atoms with E-state index in [2.05, 4.69) is 25.7 Å². The summed E-state index contributed by atoms with van der Waals surface area (Å²) in [5.74, 6) is -1.40. The first-order valence-electron chi connectivity index (χ1n) is 13.7. The Morgan fingerprint density at radius 2 is 1.84 bits per heavy atom. The Morgan fingerprint density at radius 3 is 2.56 bits per heavy atom. The molecule has 1 saturated heterocycles. The fraction of sp³-hybridized carbons (Fsp3) is 0.414. The normalized spacial score (nSPS) is 14.4. The van der Waals surface area contributed by atoms with Crippen LogP contribution >= 0.6 is 0 Å². The van der Waals surface area contributed by atoms with Gasteiger partial charge in [-0.05, 0) is 24.3 Å². The van der Waals surface area contributed by atoms with Gasteiger partial charge in [0.1, 0.15) is 12.3 Å². The summed E-state index contributed by atoms with van der Waals surface area (Å²) in [5, 5.41) is 1.98. The molecule has 4 heterocycles. The van der Waals surface area contributed by atoms with Gasteiger partial charge in [0.2, 0.25) is 0 Å². The van der Waals surface area contributed by atoms with Crippen molar-refractivity contribution in [3.05, 3.63) is 42.7 Å². The van der Waals surface area contributed by atoms with Gasteiger partial charge < -0.3 is 33.4 Å². The number of benzene rings is 1. The highest BCUT2D eigenvalue weighted by Crippen LogP contribution is 2.38. The summed E-state index contributed by atoms with van der Waals surface area (Å²) < 4.78 is 59.2. The first-order chi connectivity index (χ1) is 20.6. The highest BCUT2D eigenvalue weighted by molar-refractivity contribution is 5.99. The zero-order valence-electron chi connectivity index (χ0n) is 23.8. The molecule has 0 bridgehead atoms. The molecule has 5 rings (SSSR count). The third kappa shape index (κ3) is 7.03. The number of rotatable bonds is 11. The summed E-state index contributed by atoms with van der Waals surface area (Å²) in [6.45, 7) is 2.29. The molecule has 14 heteroatoms. The second-order valence-corrected chi connectivity index (χ2v) is 10.1. The molecule has 4 aromatic rings. The van der Waals surface area contributed by atoms with Crippen LogP contribution in [0.5, 0.6) is 11.5 Å². The van der Waals surface area contributed by atoms with Crippen molar-refractivity contribution < 1.29 is 41.7 Å². The number of methoxy groups -OCH3 is 1. The molecule has 43 heavy (non-hydrogen) atoms. The fourth-order valence-electron chi connectivity index (χ4n) is 5.00. The summed E-state index contributed by atoms with van der Waals surface area (Å²) in [4.78, 5) is 35.2. The molecule has 1 amide bonds. The molecular formula is C29H32F3N5O6. The highest BCUT2D eigenvalue weighted by atomic mass is 19.4. The van der Waals surface area contributed by atoms with Gasteiger partial charge in [0.15, 0.2) is 18.1 Å². The maximum Gasteiger partial charge on any atom is 0.490 e. The van der Waals surface area contributed by atoms with Crippen molar-refractivity contribution in [1.29, 1.82) is 0 Å². The minimum atomic E-state index is -5.01. The van der Waals surface area contributed by atoms with E-state index >= 15 is 0 Å².